The van der Waals surface area contributed by atoms with Gasteiger partial charge in [-0.15, -0.1) is 18.3 Å². The highest BCUT2D eigenvalue weighted by Crippen LogP contribution is 2.30. The standard InChI is InChI=1S/C12H6F3N3O3/c13-12(14,15)21-9-5-8(16-17-9)18-10(19)6-3-1-2-4-7(6)11(18)20/h1-5H,(H,16,17). The minimum atomic E-state index is -4.91. The average Bonchev–Trinajstić information content (AvgIpc) is 2.93. The lowest BCUT2D eigenvalue weighted by molar-refractivity contribution is -0.276. The smallest absolute Gasteiger partial charge is 0.386 e. The van der Waals surface area contributed by atoms with Gasteiger partial charge in [-0.05, 0) is 12.1 Å². The topological polar surface area (TPSA) is 75.3 Å². The minimum Gasteiger partial charge on any atom is -0.386 e. The van der Waals surface area contributed by atoms with Gasteiger partial charge >= 0.3 is 6.36 Å². The number of aromatic amines is 1. The molecule has 0 atom stereocenters. The number of hydrogen-bond donors (Lipinski definition) is 1. The molecule has 1 aromatic carbocycles. The Balaban J connectivity index is 1.93. The summed E-state index contributed by atoms with van der Waals surface area (Å²) >= 11 is 0. The molecule has 0 saturated carbocycles. The normalized spacial score (nSPS) is 14.5. The minimum absolute atomic E-state index is 0.176. The molecule has 0 fully saturated rings. The Hall–Kier alpha value is -2.84. The number of hydrogen-bond acceptors (Lipinski definition) is 4. The molecule has 3 rings (SSSR count). The first-order valence-electron chi connectivity index (χ1n) is 5.66. The van der Waals surface area contributed by atoms with Crippen molar-refractivity contribution in [1.29, 1.82) is 0 Å². The van der Waals surface area contributed by atoms with Crippen molar-refractivity contribution >= 4 is 17.6 Å². The molecule has 1 aliphatic heterocycles. The van der Waals surface area contributed by atoms with Crippen LogP contribution in [0.5, 0.6) is 5.88 Å². The Kier molecular flexibility index (Phi) is 2.71. The maximum absolute atomic E-state index is 12.1. The van der Waals surface area contributed by atoms with Gasteiger partial charge in [0.1, 0.15) is 5.82 Å². The van der Waals surface area contributed by atoms with Crippen molar-refractivity contribution in [3.8, 4) is 5.88 Å². The molecule has 0 aliphatic carbocycles. The van der Waals surface area contributed by atoms with Crippen LogP contribution in [0.2, 0.25) is 0 Å². The second-order valence-electron chi connectivity index (χ2n) is 4.13. The summed E-state index contributed by atoms with van der Waals surface area (Å²) in [4.78, 5) is 24.9. The van der Waals surface area contributed by atoms with E-state index in [-0.39, 0.29) is 16.9 Å². The number of alkyl halides is 3. The van der Waals surface area contributed by atoms with Gasteiger partial charge < -0.3 is 4.74 Å². The number of ether oxygens (including phenoxy) is 1. The molecule has 2 amide bonds. The summed E-state index contributed by atoms with van der Waals surface area (Å²) < 4.78 is 39.8. The van der Waals surface area contributed by atoms with Gasteiger partial charge in [0.15, 0.2) is 0 Å². The number of carbonyl (C=O) groups is 2. The van der Waals surface area contributed by atoms with Gasteiger partial charge in [-0.3, -0.25) is 14.7 Å². The van der Waals surface area contributed by atoms with Crippen LogP contribution in [0.3, 0.4) is 0 Å². The first-order valence-corrected chi connectivity index (χ1v) is 5.66. The number of imide groups is 1. The molecule has 21 heavy (non-hydrogen) atoms. The molecular formula is C12H6F3N3O3. The Morgan fingerprint density at radius 3 is 2.19 bits per heavy atom. The number of H-pyrrole nitrogens is 1. The number of nitrogens with one attached hydrogen (secondary N) is 1. The predicted molar refractivity (Wildman–Crippen MR) is 62.9 cm³/mol. The van der Waals surface area contributed by atoms with E-state index in [4.69, 9.17) is 0 Å². The fourth-order valence-electron chi connectivity index (χ4n) is 1.99. The van der Waals surface area contributed by atoms with Gasteiger partial charge in [-0.25, -0.2) is 4.90 Å². The second-order valence-corrected chi connectivity index (χ2v) is 4.13. The lowest BCUT2D eigenvalue weighted by Gasteiger charge is -2.09. The predicted octanol–water partition coefficient (Wildman–Crippen LogP) is 2.11. The van der Waals surface area contributed by atoms with Crippen LogP contribution in [-0.4, -0.2) is 28.4 Å². The molecule has 2 aromatic rings. The van der Waals surface area contributed by atoms with Crippen LogP contribution in [0.1, 0.15) is 20.7 Å². The lowest BCUT2D eigenvalue weighted by atomic mass is 10.1. The van der Waals surface area contributed by atoms with Gasteiger partial charge in [-0.1, -0.05) is 12.1 Å². The molecular weight excluding hydrogens is 291 g/mol. The van der Waals surface area contributed by atoms with Crippen molar-refractivity contribution in [2.45, 2.75) is 6.36 Å². The van der Waals surface area contributed by atoms with Crippen LogP contribution in [0.4, 0.5) is 19.0 Å². The largest absolute Gasteiger partial charge is 0.574 e. The molecule has 108 valence electrons. The van der Waals surface area contributed by atoms with Crippen molar-refractivity contribution in [3.63, 3.8) is 0 Å². The third kappa shape index (κ3) is 2.22. The van der Waals surface area contributed by atoms with E-state index < -0.39 is 24.1 Å². The van der Waals surface area contributed by atoms with E-state index in [1.54, 1.807) is 12.1 Å². The quantitative estimate of drug-likeness (QED) is 0.861. The van der Waals surface area contributed by atoms with Crippen molar-refractivity contribution in [1.82, 2.24) is 10.2 Å². The number of aromatic nitrogens is 2. The van der Waals surface area contributed by atoms with Crippen LogP contribution in [0.25, 0.3) is 0 Å². The highest BCUT2D eigenvalue weighted by atomic mass is 19.4. The van der Waals surface area contributed by atoms with E-state index in [2.05, 4.69) is 14.9 Å². The maximum atomic E-state index is 12.1. The number of nitrogens with zero attached hydrogens (tertiary/aromatic N) is 2. The summed E-state index contributed by atoms with van der Waals surface area (Å²) in [5.74, 6) is -2.26. The fourth-order valence-corrected chi connectivity index (χ4v) is 1.99. The Labute approximate surface area is 115 Å². The van der Waals surface area contributed by atoms with Crippen LogP contribution >= 0.6 is 0 Å². The van der Waals surface area contributed by atoms with Crippen LogP contribution in [0, 0.1) is 0 Å². The van der Waals surface area contributed by atoms with E-state index in [9.17, 15) is 22.8 Å². The molecule has 1 N–H and O–H groups in total. The van der Waals surface area contributed by atoms with Gasteiger partial charge in [0.05, 0.1) is 11.1 Å². The Morgan fingerprint density at radius 2 is 1.67 bits per heavy atom. The molecule has 0 saturated heterocycles. The van der Waals surface area contributed by atoms with E-state index in [0.29, 0.717) is 4.90 Å². The van der Waals surface area contributed by atoms with Gasteiger partial charge in [0.2, 0.25) is 5.88 Å². The van der Waals surface area contributed by atoms with E-state index in [1.165, 1.54) is 12.1 Å². The van der Waals surface area contributed by atoms with E-state index >= 15 is 0 Å². The van der Waals surface area contributed by atoms with Crippen LogP contribution < -0.4 is 9.64 Å². The molecule has 0 spiro atoms. The monoisotopic (exact) mass is 297 g/mol. The third-order valence-electron chi connectivity index (χ3n) is 2.80. The summed E-state index contributed by atoms with van der Waals surface area (Å²) in [5, 5.41) is 5.44. The SMILES string of the molecule is O=C1c2ccccc2C(=O)N1c1cc(OC(F)(F)F)n[nH]1. The number of fused-ring (bicyclic) bond motifs is 1. The number of rotatable bonds is 2. The summed E-state index contributed by atoms with van der Waals surface area (Å²) in [7, 11) is 0. The highest BCUT2D eigenvalue weighted by molar-refractivity contribution is 6.34. The average molecular weight is 297 g/mol. The zero-order chi connectivity index (χ0) is 15.2. The molecule has 0 unspecified atom stereocenters. The number of amides is 2. The van der Waals surface area contributed by atoms with Crippen molar-refractivity contribution in [2.75, 3.05) is 4.90 Å². The Bertz CT molecular complexity index is 704. The summed E-state index contributed by atoms with van der Waals surface area (Å²) in [6.45, 7) is 0. The highest BCUT2D eigenvalue weighted by Gasteiger charge is 2.38. The molecule has 6 nitrogen and oxygen atoms in total. The van der Waals surface area contributed by atoms with Gasteiger partial charge in [-0.2, -0.15) is 0 Å². The summed E-state index contributed by atoms with van der Waals surface area (Å²) in [5.41, 5.74) is 0.353. The first-order chi connectivity index (χ1) is 9.87. The lowest BCUT2D eigenvalue weighted by Crippen LogP contribution is -2.29. The third-order valence-corrected chi connectivity index (χ3v) is 2.80. The van der Waals surface area contributed by atoms with Crippen molar-refractivity contribution in [2.24, 2.45) is 0 Å². The van der Waals surface area contributed by atoms with E-state index in [1.807, 2.05) is 0 Å². The van der Waals surface area contributed by atoms with Crippen LogP contribution in [0.15, 0.2) is 30.3 Å². The van der Waals surface area contributed by atoms with Crippen LogP contribution in [-0.2, 0) is 0 Å². The molecule has 1 aromatic heterocycles. The zero-order valence-electron chi connectivity index (χ0n) is 10.1. The molecule has 9 heteroatoms. The maximum Gasteiger partial charge on any atom is 0.574 e. The summed E-state index contributed by atoms with van der Waals surface area (Å²) in [6.07, 6.45) is -4.91. The number of anilines is 1. The molecule has 1 aliphatic rings. The van der Waals surface area contributed by atoms with Crippen molar-refractivity contribution < 1.29 is 27.5 Å². The summed E-state index contributed by atoms with van der Waals surface area (Å²) in [6, 6.07) is 6.91. The molecule has 0 bridgehead atoms. The van der Waals surface area contributed by atoms with Gasteiger partial charge in [0.25, 0.3) is 11.8 Å². The molecule has 0 radical (unpaired) electrons. The van der Waals surface area contributed by atoms with Crippen molar-refractivity contribution in [3.05, 3.63) is 41.5 Å². The number of benzene rings is 1. The first kappa shape index (κ1) is 13.2. The molecule has 2 heterocycles. The van der Waals surface area contributed by atoms with E-state index in [0.717, 1.165) is 6.07 Å². The Morgan fingerprint density at radius 1 is 1.10 bits per heavy atom. The zero-order valence-corrected chi connectivity index (χ0v) is 10.1. The number of halogens is 3. The second kappa shape index (κ2) is 4.33. The fraction of sp³-hybridized carbons (Fsp3) is 0.0833. The number of carbonyl (C=O) groups excluding carboxylic acids is 2. The van der Waals surface area contributed by atoms with Gasteiger partial charge in [0, 0.05) is 6.07 Å².